The third kappa shape index (κ3) is 0.918. The molecule has 0 radical (unpaired) electrons. The molecule has 0 spiro atoms. The molecule has 0 bridgehead atoms. The minimum absolute atomic E-state index is 0.331. The van der Waals surface area contributed by atoms with Gasteiger partial charge in [0.15, 0.2) is 6.39 Å². The summed E-state index contributed by atoms with van der Waals surface area (Å²) in [5.74, 6) is 0.331. The molecule has 9 heavy (non-hydrogen) atoms. The van der Waals surface area contributed by atoms with E-state index in [-0.39, 0.29) is 0 Å². The largest absolute Gasteiger partial charge is 0.433 e. The van der Waals surface area contributed by atoms with Gasteiger partial charge in [0.25, 0.3) is 0 Å². The molecule has 1 rings (SSSR count). The smallest absolute Gasteiger partial charge is 0.226 e. The maximum Gasteiger partial charge on any atom is 0.226 e. The summed E-state index contributed by atoms with van der Waals surface area (Å²) < 4.78 is 4.73. The second-order valence-electron chi connectivity index (χ2n) is 1.59. The highest BCUT2D eigenvalue weighted by atomic mass is 16.3. The lowest BCUT2D eigenvalue weighted by molar-refractivity contribution is 0.542. The third-order valence-corrected chi connectivity index (χ3v) is 1.08. The Morgan fingerprint density at radius 3 is 3.11 bits per heavy atom. The first kappa shape index (κ1) is 5.83. The van der Waals surface area contributed by atoms with Gasteiger partial charge in [-0.1, -0.05) is 6.92 Å². The first-order valence-corrected chi connectivity index (χ1v) is 2.71. The Labute approximate surface area is 52.9 Å². The van der Waals surface area contributed by atoms with Crippen molar-refractivity contribution in [2.24, 2.45) is 0 Å². The van der Waals surface area contributed by atoms with Crippen LogP contribution >= 0.6 is 0 Å². The molecule has 0 atom stereocenters. The van der Waals surface area contributed by atoms with E-state index in [1.807, 2.05) is 13.0 Å². The molecule has 0 saturated heterocycles. The Balaban J connectivity index is 3.02. The molecule has 0 amide bonds. The molecule has 1 aromatic heterocycles. The van der Waals surface area contributed by atoms with Gasteiger partial charge in [-0.3, -0.25) is 0 Å². The van der Waals surface area contributed by atoms with Crippen LogP contribution < -0.4 is 0 Å². The van der Waals surface area contributed by atoms with Crippen LogP contribution in [-0.4, -0.2) is 4.98 Å². The molecule has 0 aliphatic rings. The summed E-state index contributed by atoms with van der Waals surface area (Å²) in [5, 5.41) is 8.35. The predicted molar refractivity (Wildman–Crippen MR) is 30.6 cm³/mol. The number of aromatic nitrogens is 1. The number of nitrogens with zero attached hydrogens (tertiary/aromatic N) is 2. The van der Waals surface area contributed by atoms with E-state index in [1.165, 1.54) is 6.39 Å². The summed E-state index contributed by atoms with van der Waals surface area (Å²) in [7, 11) is 0. The van der Waals surface area contributed by atoms with Gasteiger partial charge in [-0.2, -0.15) is 5.26 Å². The Hall–Kier alpha value is -1.30. The van der Waals surface area contributed by atoms with Crippen LogP contribution in [0.25, 0.3) is 0 Å². The van der Waals surface area contributed by atoms with Gasteiger partial charge in [0, 0.05) is 0 Å². The maximum atomic E-state index is 8.35. The molecule has 46 valence electrons. The zero-order valence-corrected chi connectivity index (χ0v) is 5.09. The normalized spacial score (nSPS) is 8.89. The maximum absolute atomic E-state index is 8.35. The van der Waals surface area contributed by atoms with Crippen molar-refractivity contribution in [1.82, 2.24) is 4.98 Å². The molecule has 0 unspecified atom stereocenters. The SMILES string of the molecule is CCc1ncoc1C#N. The third-order valence-electron chi connectivity index (χ3n) is 1.08. The highest BCUT2D eigenvalue weighted by Gasteiger charge is 2.01. The lowest BCUT2D eigenvalue weighted by Crippen LogP contribution is -1.81. The van der Waals surface area contributed by atoms with Crippen LogP contribution in [0.15, 0.2) is 10.8 Å². The number of rotatable bonds is 1. The van der Waals surface area contributed by atoms with E-state index >= 15 is 0 Å². The fourth-order valence-electron chi connectivity index (χ4n) is 0.612. The molecule has 0 N–H and O–H groups in total. The summed E-state index contributed by atoms with van der Waals surface area (Å²) in [6, 6.07) is 1.90. The van der Waals surface area contributed by atoms with E-state index in [1.54, 1.807) is 0 Å². The van der Waals surface area contributed by atoms with Crippen molar-refractivity contribution in [3.8, 4) is 6.07 Å². The molecule has 0 fully saturated rings. The minimum atomic E-state index is 0.331. The molecule has 3 heteroatoms. The van der Waals surface area contributed by atoms with Crippen molar-refractivity contribution in [3.63, 3.8) is 0 Å². The van der Waals surface area contributed by atoms with Gasteiger partial charge >= 0.3 is 0 Å². The van der Waals surface area contributed by atoms with Crippen molar-refractivity contribution in [3.05, 3.63) is 17.8 Å². The number of hydrogen-bond acceptors (Lipinski definition) is 3. The Bertz CT molecular complexity index is 233. The van der Waals surface area contributed by atoms with Crippen molar-refractivity contribution in [2.45, 2.75) is 13.3 Å². The quantitative estimate of drug-likeness (QED) is 0.560. The van der Waals surface area contributed by atoms with E-state index in [9.17, 15) is 0 Å². The molecule has 1 heterocycles. The van der Waals surface area contributed by atoms with Gasteiger partial charge in [-0.25, -0.2) is 4.98 Å². The van der Waals surface area contributed by atoms with E-state index in [2.05, 4.69) is 4.98 Å². The van der Waals surface area contributed by atoms with Crippen molar-refractivity contribution >= 4 is 0 Å². The van der Waals surface area contributed by atoms with Crippen LogP contribution in [0.5, 0.6) is 0 Å². The predicted octanol–water partition coefficient (Wildman–Crippen LogP) is 1.11. The summed E-state index contributed by atoms with van der Waals surface area (Å²) in [5.41, 5.74) is 0.734. The van der Waals surface area contributed by atoms with Crippen LogP contribution in [0, 0.1) is 11.3 Å². The molecule has 1 aromatic rings. The average molecular weight is 122 g/mol. The standard InChI is InChI=1S/C6H6N2O/c1-2-5-6(3-7)9-4-8-5/h4H,2H2,1H3. The summed E-state index contributed by atoms with van der Waals surface area (Å²) in [4.78, 5) is 3.82. The highest BCUT2D eigenvalue weighted by molar-refractivity contribution is 5.21. The highest BCUT2D eigenvalue weighted by Crippen LogP contribution is 2.03. The Kier molecular flexibility index (Phi) is 1.50. The minimum Gasteiger partial charge on any atom is -0.433 e. The lowest BCUT2D eigenvalue weighted by Gasteiger charge is -1.81. The van der Waals surface area contributed by atoms with Gasteiger partial charge in [-0.15, -0.1) is 0 Å². The van der Waals surface area contributed by atoms with Crippen molar-refractivity contribution in [1.29, 1.82) is 5.26 Å². The average Bonchev–Trinajstić information content (AvgIpc) is 2.33. The second-order valence-corrected chi connectivity index (χ2v) is 1.59. The molecule has 0 saturated carbocycles. The van der Waals surface area contributed by atoms with Crippen LogP contribution in [-0.2, 0) is 6.42 Å². The number of aryl methyl sites for hydroxylation is 1. The van der Waals surface area contributed by atoms with Gasteiger partial charge in [-0.05, 0) is 6.42 Å². The Morgan fingerprint density at radius 1 is 1.89 bits per heavy atom. The second kappa shape index (κ2) is 2.31. The van der Waals surface area contributed by atoms with E-state index in [0.29, 0.717) is 5.76 Å². The lowest BCUT2D eigenvalue weighted by atomic mass is 10.3. The summed E-state index contributed by atoms with van der Waals surface area (Å²) in [6.07, 6.45) is 2.04. The molecule has 0 aliphatic carbocycles. The number of hydrogen-bond donors (Lipinski definition) is 0. The summed E-state index contributed by atoms with van der Waals surface area (Å²) in [6.45, 7) is 1.93. The van der Waals surface area contributed by atoms with Crippen LogP contribution in [0.1, 0.15) is 18.4 Å². The molecule has 0 aromatic carbocycles. The van der Waals surface area contributed by atoms with Crippen LogP contribution in [0.4, 0.5) is 0 Å². The fraction of sp³-hybridized carbons (Fsp3) is 0.333. The van der Waals surface area contributed by atoms with E-state index in [4.69, 9.17) is 9.68 Å². The van der Waals surface area contributed by atoms with Crippen molar-refractivity contribution in [2.75, 3.05) is 0 Å². The molecule has 3 nitrogen and oxygen atoms in total. The molecular formula is C6H6N2O. The van der Waals surface area contributed by atoms with Crippen LogP contribution in [0.3, 0.4) is 0 Å². The topological polar surface area (TPSA) is 49.8 Å². The van der Waals surface area contributed by atoms with Gasteiger partial charge in [0.2, 0.25) is 5.76 Å². The monoisotopic (exact) mass is 122 g/mol. The first-order valence-electron chi connectivity index (χ1n) is 2.71. The van der Waals surface area contributed by atoms with Crippen LogP contribution in [0.2, 0.25) is 0 Å². The van der Waals surface area contributed by atoms with Gasteiger partial charge in [0.05, 0.1) is 5.69 Å². The Morgan fingerprint density at radius 2 is 2.67 bits per heavy atom. The molecule has 0 aliphatic heterocycles. The van der Waals surface area contributed by atoms with E-state index in [0.717, 1.165) is 12.1 Å². The fourth-order valence-corrected chi connectivity index (χ4v) is 0.612. The van der Waals surface area contributed by atoms with Gasteiger partial charge in [0.1, 0.15) is 6.07 Å². The molecular weight excluding hydrogens is 116 g/mol. The summed E-state index contributed by atoms with van der Waals surface area (Å²) >= 11 is 0. The number of oxazole rings is 1. The zero-order chi connectivity index (χ0) is 6.69. The van der Waals surface area contributed by atoms with Gasteiger partial charge < -0.3 is 4.42 Å². The van der Waals surface area contributed by atoms with Crippen molar-refractivity contribution < 1.29 is 4.42 Å². The number of nitriles is 1. The zero-order valence-electron chi connectivity index (χ0n) is 5.09. The first-order chi connectivity index (χ1) is 4.38. The van der Waals surface area contributed by atoms with E-state index < -0.39 is 0 Å².